The van der Waals surface area contributed by atoms with Crippen LogP contribution in [0.4, 0.5) is 0 Å². The number of carbonyl (C=O) groups is 1. The first-order chi connectivity index (χ1) is 7.97. The molecule has 4 heteroatoms. The Kier molecular flexibility index (Phi) is 4.97. The van der Waals surface area contributed by atoms with Crippen molar-refractivity contribution in [3.8, 4) is 5.75 Å². The molecule has 2 N–H and O–H groups in total. The normalized spacial score (nSPS) is 12.5. The topological polar surface area (TPSA) is 52.6 Å². The van der Waals surface area contributed by atoms with Crippen molar-refractivity contribution in [3.05, 3.63) is 29.8 Å². The number of phenols is 1. The molecule has 0 fully saturated rings. The van der Waals surface area contributed by atoms with Crippen molar-refractivity contribution in [2.24, 2.45) is 0 Å². The van der Waals surface area contributed by atoms with E-state index in [2.05, 4.69) is 5.32 Å². The van der Waals surface area contributed by atoms with Crippen LogP contribution in [-0.2, 0) is 11.2 Å². The lowest BCUT2D eigenvalue weighted by Gasteiger charge is -2.18. The highest BCUT2D eigenvalue weighted by Crippen LogP contribution is 2.11. The van der Waals surface area contributed by atoms with Gasteiger partial charge in [-0.3, -0.25) is 4.79 Å². The second-order valence-corrected chi connectivity index (χ2v) is 4.58. The molecule has 0 radical (unpaired) electrons. The van der Waals surface area contributed by atoms with Gasteiger partial charge in [-0.25, -0.2) is 0 Å². The minimum atomic E-state index is -0.0232. The number of nitrogens with zero attached hydrogens (tertiary/aromatic N) is 1. The molecule has 1 unspecified atom stereocenters. The summed E-state index contributed by atoms with van der Waals surface area (Å²) in [6.07, 6.45) is 0.298. The van der Waals surface area contributed by atoms with Gasteiger partial charge in [0.25, 0.3) is 0 Å². The van der Waals surface area contributed by atoms with Gasteiger partial charge in [0.15, 0.2) is 0 Å². The Hall–Kier alpha value is -1.55. The molecule has 0 saturated heterocycles. The van der Waals surface area contributed by atoms with E-state index in [9.17, 15) is 9.90 Å². The lowest BCUT2D eigenvalue weighted by Crippen LogP contribution is -2.40. The maximum atomic E-state index is 11.7. The number of likely N-dealkylation sites (N-methyl/N-ethyl adjacent to an activating group) is 1. The second kappa shape index (κ2) is 6.25. The maximum absolute atomic E-state index is 11.7. The Morgan fingerprint density at radius 1 is 1.47 bits per heavy atom. The molecule has 1 rings (SSSR count). The molecule has 4 nitrogen and oxygen atoms in total. The van der Waals surface area contributed by atoms with E-state index in [4.69, 9.17) is 0 Å². The van der Waals surface area contributed by atoms with Crippen molar-refractivity contribution in [1.29, 1.82) is 0 Å². The number of aromatic hydroxyl groups is 1. The fraction of sp³-hybridized carbons (Fsp3) is 0.462. The van der Waals surface area contributed by atoms with E-state index in [0.717, 1.165) is 12.1 Å². The first-order valence-corrected chi connectivity index (χ1v) is 5.69. The lowest BCUT2D eigenvalue weighted by atomic mass is 10.1. The largest absolute Gasteiger partial charge is 0.508 e. The summed E-state index contributed by atoms with van der Waals surface area (Å²) in [4.78, 5) is 13.7. The summed E-state index contributed by atoms with van der Waals surface area (Å²) in [5.41, 5.74) is 0.819. The zero-order valence-electron chi connectivity index (χ0n) is 10.6. The number of nitrogens with one attached hydrogen (secondary N) is 1. The monoisotopic (exact) mass is 236 g/mol. The number of carbonyl (C=O) groups excluding carboxylic acids is 1. The van der Waals surface area contributed by atoms with Crippen LogP contribution in [0.1, 0.15) is 12.5 Å². The predicted molar refractivity (Wildman–Crippen MR) is 68.0 cm³/mol. The number of hydrogen-bond acceptors (Lipinski definition) is 3. The summed E-state index contributed by atoms with van der Waals surface area (Å²) in [6.45, 7) is 2.78. The Bertz CT molecular complexity index is 377. The number of hydrogen-bond donors (Lipinski definition) is 2. The van der Waals surface area contributed by atoms with Gasteiger partial charge in [-0.2, -0.15) is 0 Å². The standard InChI is InChI=1S/C13H20N2O2/c1-10(9-15(2)3)14-13(17)8-11-5-4-6-12(16)7-11/h4-7,10,16H,8-9H2,1-3H3,(H,14,17). The molecule has 1 aromatic rings. The molecule has 0 aliphatic heterocycles. The summed E-state index contributed by atoms with van der Waals surface area (Å²) in [5, 5.41) is 12.2. The highest BCUT2D eigenvalue weighted by atomic mass is 16.3. The van der Waals surface area contributed by atoms with Crippen LogP contribution >= 0.6 is 0 Å². The highest BCUT2D eigenvalue weighted by Gasteiger charge is 2.09. The fourth-order valence-electron chi connectivity index (χ4n) is 1.77. The van der Waals surface area contributed by atoms with Gasteiger partial charge >= 0.3 is 0 Å². The quantitative estimate of drug-likeness (QED) is 0.802. The van der Waals surface area contributed by atoms with Crippen LogP contribution in [0.5, 0.6) is 5.75 Å². The molecule has 1 aromatic carbocycles. The van der Waals surface area contributed by atoms with Crippen molar-refractivity contribution in [2.75, 3.05) is 20.6 Å². The first kappa shape index (κ1) is 13.5. The third-order valence-electron chi connectivity index (χ3n) is 2.32. The maximum Gasteiger partial charge on any atom is 0.224 e. The van der Waals surface area contributed by atoms with Crippen molar-refractivity contribution in [2.45, 2.75) is 19.4 Å². The average molecular weight is 236 g/mol. The van der Waals surface area contributed by atoms with Gasteiger partial charge in [0.05, 0.1) is 6.42 Å². The SMILES string of the molecule is CC(CN(C)C)NC(=O)Cc1cccc(O)c1. The summed E-state index contributed by atoms with van der Waals surface area (Å²) >= 11 is 0. The van der Waals surface area contributed by atoms with E-state index in [1.165, 1.54) is 0 Å². The van der Waals surface area contributed by atoms with Crippen LogP contribution in [0.3, 0.4) is 0 Å². The summed E-state index contributed by atoms with van der Waals surface area (Å²) in [6, 6.07) is 6.89. The number of benzene rings is 1. The highest BCUT2D eigenvalue weighted by molar-refractivity contribution is 5.78. The molecule has 0 aromatic heterocycles. The average Bonchev–Trinajstić information content (AvgIpc) is 2.14. The molecular weight excluding hydrogens is 216 g/mol. The number of amides is 1. The molecule has 94 valence electrons. The van der Waals surface area contributed by atoms with Gasteiger partial charge in [-0.05, 0) is 38.7 Å². The van der Waals surface area contributed by atoms with Gasteiger partial charge in [-0.15, -0.1) is 0 Å². The molecule has 1 amide bonds. The lowest BCUT2D eigenvalue weighted by molar-refractivity contribution is -0.121. The van der Waals surface area contributed by atoms with E-state index in [-0.39, 0.29) is 17.7 Å². The van der Waals surface area contributed by atoms with Gasteiger partial charge < -0.3 is 15.3 Å². The van der Waals surface area contributed by atoms with Crippen LogP contribution in [0.25, 0.3) is 0 Å². The molecule has 1 atom stereocenters. The van der Waals surface area contributed by atoms with E-state index >= 15 is 0 Å². The molecule has 0 spiro atoms. The zero-order valence-corrected chi connectivity index (χ0v) is 10.6. The predicted octanol–water partition coefficient (Wildman–Crippen LogP) is 1.00. The van der Waals surface area contributed by atoms with Crippen LogP contribution < -0.4 is 5.32 Å². The molecule has 0 aliphatic rings. The third-order valence-corrected chi connectivity index (χ3v) is 2.32. The van der Waals surface area contributed by atoms with Crippen molar-refractivity contribution in [3.63, 3.8) is 0 Å². The number of rotatable bonds is 5. The van der Waals surface area contributed by atoms with Crippen LogP contribution in [0.15, 0.2) is 24.3 Å². The van der Waals surface area contributed by atoms with E-state index in [1.54, 1.807) is 18.2 Å². The van der Waals surface area contributed by atoms with Gasteiger partial charge in [0.2, 0.25) is 5.91 Å². The van der Waals surface area contributed by atoms with Crippen LogP contribution in [0, 0.1) is 0 Å². The first-order valence-electron chi connectivity index (χ1n) is 5.69. The van der Waals surface area contributed by atoms with Crippen molar-refractivity contribution >= 4 is 5.91 Å². The minimum absolute atomic E-state index is 0.0232. The summed E-state index contributed by atoms with van der Waals surface area (Å²) in [7, 11) is 3.94. The molecule has 0 heterocycles. The molecule has 0 aliphatic carbocycles. The Morgan fingerprint density at radius 3 is 2.76 bits per heavy atom. The summed E-state index contributed by atoms with van der Waals surface area (Å²) < 4.78 is 0. The third kappa shape index (κ3) is 5.36. The Balaban J connectivity index is 2.44. The van der Waals surface area contributed by atoms with E-state index in [0.29, 0.717) is 6.42 Å². The van der Waals surface area contributed by atoms with Crippen LogP contribution in [0.2, 0.25) is 0 Å². The van der Waals surface area contributed by atoms with Gasteiger partial charge in [0.1, 0.15) is 5.75 Å². The fourth-order valence-corrected chi connectivity index (χ4v) is 1.77. The van der Waals surface area contributed by atoms with Gasteiger partial charge in [-0.1, -0.05) is 12.1 Å². The molecule has 0 saturated carbocycles. The molecule has 0 bridgehead atoms. The Morgan fingerprint density at radius 2 is 2.18 bits per heavy atom. The Labute approximate surface area is 102 Å². The van der Waals surface area contributed by atoms with Crippen molar-refractivity contribution in [1.82, 2.24) is 10.2 Å². The van der Waals surface area contributed by atoms with E-state index in [1.807, 2.05) is 32.0 Å². The van der Waals surface area contributed by atoms with Crippen LogP contribution in [-0.4, -0.2) is 42.6 Å². The van der Waals surface area contributed by atoms with Gasteiger partial charge in [0, 0.05) is 12.6 Å². The minimum Gasteiger partial charge on any atom is -0.508 e. The second-order valence-electron chi connectivity index (χ2n) is 4.58. The summed E-state index contributed by atoms with van der Waals surface area (Å²) in [5.74, 6) is 0.168. The molecular formula is C13H20N2O2. The molecule has 17 heavy (non-hydrogen) atoms. The number of phenolic OH excluding ortho intramolecular Hbond substituents is 1. The van der Waals surface area contributed by atoms with Crippen molar-refractivity contribution < 1.29 is 9.90 Å². The zero-order chi connectivity index (χ0) is 12.8. The smallest absolute Gasteiger partial charge is 0.224 e. The van der Waals surface area contributed by atoms with E-state index < -0.39 is 0 Å².